The summed E-state index contributed by atoms with van der Waals surface area (Å²) in [7, 11) is 0. The standard InChI is InChI=1S/C25H17ClO4/c1-14-7-3-5-9-17(14)23(27)21-19-12-11-16(26)13-20(19)30-25(29)22(21)24(28)18-10-6-4-8-15(18)2/h3-13H,1-2H3. The number of benzene rings is 3. The molecule has 0 saturated heterocycles. The quantitative estimate of drug-likeness (QED) is 0.324. The van der Waals surface area contributed by atoms with Crippen LogP contribution in [0.15, 0.2) is 75.9 Å². The molecule has 0 unspecified atom stereocenters. The number of hydrogen-bond acceptors (Lipinski definition) is 4. The number of aryl methyl sites for hydroxylation is 2. The molecule has 0 fully saturated rings. The number of carbonyl (C=O) groups excluding carboxylic acids is 2. The van der Waals surface area contributed by atoms with Crippen molar-refractivity contribution in [1.82, 2.24) is 0 Å². The van der Waals surface area contributed by atoms with Crippen LogP contribution in [0.3, 0.4) is 0 Å². The molecule has 3 aromatic carbocycles. The van der Waals surface area contributed by atoms with Crippen LogP contribution in [0.2, 0.25) is 5.02 Å². The van der Waals surface area contributed by atoms with Crippen LogP contribution in [0.1, 0.15) is 43.0 Å². The fraction of sp³-hybridized carbons (Fsp3) is 0.0800. The van der Waals surface area contributed by atoms with E-state index in [0.29, 0.717) is 27.1 Å². The Morgan fingerprint density at radius 2 is 1.30 bits per heavy atom. The molecule has 0 aliphatic heterocycles. The van der Waals surface area contributed by atoms with E-state index in [9.17, 15) is 14.4 Å². The van der Waals surface area contributed by atoms with Crippen molar-refractivity contribution in [3.05, 3.63) is 116 Å². The van der Waals surface area contributed by atoms with Crippen LogP contribution in [-0.4, -0.2) is 11.6 Å². The zero-order chi connectivity index (χ0) is 21.4. The first-order valence-electron chi connectivity index (χ1n) is 9.35. The predicted molar refractivity (Wildman–Crippen MR) is 117 cm³/mol. The maximum Gasteiger partial charge on any atom is 0.348 e. The topological polar surface area (TPSA) is 64.3 Å². The van der Waals surface area contributed by atoms with Gasteiger partial charge >= 0.3 is 5.63 Å². The average Bonchev–Trinajstić information content (AvgIpc) is 2.72. The lowest BCUT2D eigenvalue weighted by molar-refractivity contribution is 0.100. The number of hydrogen-bond donors (Lipinski definition) is 0. The monoisotopic (exact) mass is 416 g/mol. The van der Waals surface area contributed by atoms with Crippen molar-refractivity contribution < 1.29 is 14.0 Å². The van der Waals surface area contributed by atoms with Gasteiger partial charge in [0.25, 0.3) is 0 Å². The Balaban J connectivity index is 2.08. The lowest BCUT2D eigenvalue weighted by Crippen LogP contribution is -2.22. The molecule has 0 amide bonds. The lowest BCUT2D eigenvalue weighted by Gasteiger charge is -2.13. The van der Waals surface area contributed by atoms with Gasteiger partial charge in [-0.25, -0.2) is 4.79 Å². The summed E-state index contributed by atoms with van der Waals surface area (Å²) in [6, 6.07) is 18.6. The molecule has 0 N–H and O–H groups in total. The van der Waals surface area contributed by atoms with E-state index in [2.05, 4.69) is 0 Å². The van der Waals surface area contributed by atoms with Gasteiger partial charge in [-0.3, -0.25) is 9.59 Å². The molecule has 4 rings (SSSR count). The van der Waals surface area contributed by atoms with Crippen LogP contribution in [-0.2, 0) is 0 Å². The van der Waals surface area contributed by atoms with Crippen LogP contribution in [0.25, 0.3) is 11.0 Å². The van der Waals surface area contributed by atoms with Gasteiger partial charge < -0.3 is 4.42 Å². The Hall–Kier alpha value is -3.50. The molecule has 0 spiro atoms. The second kappa shape index (κ2) is 7.73. The van der Waals surface area contributed by atoms with E-state index >= 15 is 0 Å². The minimum atomic E-state index is -0.866. The van der Waals surface area contributed by atoms with Gasteiger partial charge in [-0.15, -0.1) is 0 Å². The fourth-order valence-electron chi connectivity index (χ4n) is 3.54. The molecule has 0 aliphatic carbocycles. The van der Waals surface area contributed by atoms with Crippen LogP contribution in [0, 0.1) is 13.8 Å². The number of carbonyl (C=O) groups is 2. The maximum atomic E-state index is 13.6. The zero-order valence-electron chi connectivity index (χ0n) is 16.4. The smallest absolute Gasteiger partial charge is 0.348 e. The van der Waals surface area contributed by atoms with Crippen molar-refractivity contribution in [3.8, 4) is 0 Å². The summed E-state index contributed by atoms with van der Waals surface area (Å²) in [6.07, 6.45) is 0. The van der Waals surface area contributed by atoms with E-state index in [0.717, 1.165) is 5.56 Å². The molecule has 0 radical (unpaired) electrons. The van der Waals surface area contributed by atoms with Gasteiger partial charge in [-0.1, -0.05) is 60.1 Å². The Morgan fingerprint density at radius 1 is 0.767 bits per heavy atom. The van der Waals surface area contributed by atoms with Gasteiger partial charge in [0, 0.05) is 27.6 Å². The van der Waals surface area contributed by atoms with Crippen molar-refractivity contribution in [2.45, 2.75) is 13.8 Å². The van der Waals surface area contributed by atoms with Crippen molar-refractivity contribution in [2.75, 3.05) is 0 Å². The van der Waals surface area contributed by atoms with E-state index in [1.165, 1.54) is 6.07 Å². The SMILES string of the molecule is Cc1ccccc1C(=O)c1c(C(=O)c2ccccc2C)c2ccc(Cl)cc2oc1=O. The highest BCUT2D eigenvalue weighted by molar-refractivity contribution is 6.31. The van der Waals surface area contributed by atoms with Crippen LogP contribution < -0.4 is 5.63 Å². The summed E-state index contributed by atoms with van der Waals surface area (Å²) in [5.74, 6) is -0.958. The van der Waals surface area contributed by atoms with Gasteiger partial charge in [0.2, 0.25) is 5.78 Å². The number of halogens is 1. The van der Waals surface area contributed by atoms with Gasteiger partial charge in [0.1, 0.15) is 11.1 Å². The number of fused-ring (bicyclic) bond motifs is 1. The molecule has 30 heavy (non-hydrogen) atoms. The predicted octanol–water partition coefficient (Wildman–Crippen LogP) is 5.53. The summed E-state index contributed by atoms with van der Waals surface area (Å²) in [6.45, 7) is 3.58. The molecular weight excluding hydrogens is 400 g/mol. The second-order valence-electron chi connectivity index (χ2n) is 7.07. The molecular formula is C25H17ClO4. The van der Waals surface area contributed by atoms with E-state index in [1.807, 2.05) is 6.07 Å². The summed E-state index contributed by atoms with van der Waals surface area (Å²) in [5.41, 5.74) is 1.25. The van der Waals surface area contributed by atoms with Crippen LogP contribution in [0.5, 0.6) is 0 Å². The summed E-state index contributed by atoms with van der Waals surface area (Å²) in [5, 5.41) is 0.724. The van der Waals surface area contributed by atoms with E-state index in [-0.39, 0.29) is 16.7 Å². The van der Waals surface area contributed by atoms with Gasteiger partial charge in [0.15, 0.2) is 5.78 Å². The maximum absolute atomic E-state index is 13.6. The third-order valence-corrected chi connectivity index (χ3v) is 5.34. The highest BCUT2D eigenvalue weighted by Crippen LogP contribution is 2.28. The molecule has 1 aromatic heterocycles. The first-order chi connectivity index (χ1) is 14.4. The Kier molecular flexibility index (Phi) is 5.10. The minimum Gasteiger partial charge on any atom is -0.422 e. The van der Waals surface area contributed by atoms with Gasteiger partial charge in [0.05, 0.1) is 5.56 Å². The van der Waals surface area contributed by atoms with Crippen LogP contribution >= 0.6 is 11.6 Å². The highest BCUT2D eigenvalue weighted by atomic mass is 35.5. The Bertz CT molecular complexity index is 1380. The molecule has 148 valence electrons. The van der Waals surface area contributed by atoms with Gasteiger partial charge in [-0.2, -0.15) is 0 Å². The first-order valence-corrected chi connectivity index (χ1v) is 9.73. The van der Waals surface area contributed by atoms with Crippen molar-refractivity contribution in [3.63, 3.8) is 0 Å². The molecule has 5 heteroatoms. The lowest BCUT2D eigenvalue weighted by atomic mass is 9.89. The first kappa shape index (κ1) is 19.8. The van der Waals surface area contributed by atoms with E-state index in [1.54, 1.807) is 68.4 Å². The minimum absolute atomic E-state index is 0.0282. The highest BCUT2D eigenvalue weighted by Gasteiger charge is 2.28. The average molecular weight is 417 g/mol. The molecule has 0 atom stereocenters. The molecule has 4 aromatic rings. The van der Waals surface area contributed by atoms with Crippen molar-refractivity contribution in [2.24, 2.45) is 0 Å². The third-order valence-electron chi connectivity index (χ3n) is 5.10. The van der Waals surface area contributed by atoms with Crippen molar-refractivity contribution in [1.29, 1.82) is 0 Å². The second-order valence-corrected chi connectivity index (χ2v) is 7.50. The van der Waals surface area contributed by atoms with Crippen molar-refractivity contribution >= 4 is 34.1 Å². The molecule has 0 aliphatic rings. The molecule has 0 saturated carbocycles. The summed E-state index contributed by atoms with van der Waals surface area (Å²) < 4.78 is 5.40. The normalized spacial score (nSPS) is 10.9. The van der Waals surface area contributed by atoms with E-state index in [4.69, 9.17) is 16.0 Å². The number of rotatable bonds is 4. The summed E-state index contributed by atoms with van der Waals surface area (Å²) in [4.78, 5) is 39.9. The molecule has 1 heterocycles. The van der Waals surface area contributed by atoms with Gasteiger partial charge in [-0.05, 0) is 37.1 Å². The molecule has 0 bridgehead atoms. The number of ketones is 2. The molecule has 4 nitrogen and oxygen atoms in total. The largest absolute Gasteiger partial charge is 0.422 e. The van der Waals surface area contributed by atoms with E-state index < -0.39 is 17.2 Å². The third kappa shape index (κ3) is 3.36. The summed E-state index contributed by atoms with van der Waals surface area (Å²) >= 11 is 6.05. The fourth-order valence-corrected chi connectivity index (χ4v) is 3.70. The van der Waals surface area contributed by atoms with Crippen LogP contribution in [0.4, 0.5) is 0 Å². The Labute approximate surface area is 177 Å². The Morgan fingerprint density at radius 3 is 1.87 bits per heavy atom. The zero-order valence-corrected chi connectivity index (χ0v) is 17.1.